The van der Waals surface area contributed by atoms with E-state index in [1.54, 1.807) is 24.3 Å². The van der Waals surface area contributed by atoms with Crippen LogP contribution in [-0.4, -0.2) is 18.4 Å². The Hall–Kier alpha value is -1.71. The lowest BCUT2D eigenvalue weighted by atomic mass is 10.2. The maximum Gasteiger partial charge on any atom is 0.348 e. The fourth-order valence-corrected chi connectivity index (χ4v) is 0.864. The van der Waals surface area contributed by atoms with Crippen LogP contribution in [0.25, 0.3) is 0 Å². The van der Waals surface area contributed by atoms with Crippen LogP contribution in [0.2, 0.25) is 0 Å². The lowest BCUT2D eigenvalue weighted by molar-refractivity contribution is -0.152. The molecule has 0 amide bonds. The van der Waals surface area contributed by atoms with E-state index in [9.17, 15) is 14.0 Å². The van der Waals surface area contributed by atoms with Gasteiger partial charge in [0.15, 0.2) is 6.29 Å². The molecular weight excluding hydrogens is 187 g/mol. The Labute approximate surface area is 80.5 Å². The summed E-state index contributed by atoms with van der Waals surface area (Å²) >= 11 is 0. The van der Waals surface area contributed by atoms with Gasteiger partial charge < -0.3 is 4.74 Å². The van der Waals surface area contributed by atoms with Gasteiger partial charge in [0.25, 0.3) is 6.17 Å². The Morgan fingerprint density at radius 1 is 1.43 bits per heavy atom. The van der Waals surface area contributed by atoms with E-state index < -0.39 is 12.1 Å². The van der Waals surface area contributed by atoms with Gasteiger partial charge in [-0.3, -0.25) is 4.79 Å². The average Bonchev–Trinajstić information content (AvgIpc) is 2.26. The van der Waals surface area contributed by atoms with Crippen LogP contribution >= 0.6 is 0 Å². The normalized spacial score (nSPS) is 11.8. The molecule has 0 aliphatic heterocycles. The topological polar surface area (TPSA) is 43.4 Å². The van der Waals surface area contributed by atoms with Crippen LogP contribution in [0.3, 0.4) is 0 Å². The van der Waals surface area contributed by atoms with Crippen molar-refractivity contribution >= 4 is 12.3 Å². The van der Waals surface area contributed by atoms with Crippen LogP contribution in [0.5, 0.6) is 0 Å². The maximum atomic E-state index is 12.4. The van der Waals surface area contributed by atoms with Crippen LogP contribution in [0.15, 0.2) is 30.3 Å². The summed E-state index contributed by atoms with van der Waals surface area (Å²) in [7, 11) is 0. The molecule has 4 heteroatoms. The fourth-order valence-electron chi connectivity index (χ4n) is 0.864. The number of benzene rings is 1. The van der Waals surface area contributed by atoms with Gasteiger partial charge in [-0.05, 0) is 5.56 Å². The van der Waals surface area contributed by atoms with Crippen LogP contribution in [-0.2, 0) is 20.9 Å². The maximum absolute atomic E-state index is 12.4. The van der Waals surface area contributed by atoms with Gasteiger partial charge in [0.2, 0.25) is 0 Å². The second kappa shape index (κ2) is 5.11. The standard InChI is InChI=1S/C10H9FO3/c11-9(6-12)10(13)14-7-8-4-2-1-3-5-8/h1-6,9H,7H2. The van der Waals surface area contributed by atoms with Gasteiger partial charge in [-0.2, -0.15) is 0 Å². The predicted molar refractivity (Wildman–Crippen MR) is 47.2 cm³/mol. The van der Waals surface area contributed by atoms with Gasteiger partial charge in [0.1, 0.15) is 6.61 Å². The van der Waals surface area contributed by atoms with E-state index in [1.807, 2.05) is 6.07 Å². The average molecular weight is 196 g/mol. The number of ether oxygens (including phenoxy) is 1. The summed E-state index contributed by atoms with van der Waals surface area (Å²) in [6.45, 7) is -0.0199. The predicted octanol–water partition coefficient (Wildman–Crippen LogP) is 1.27. The van der Waals surface area contributed by atoms with Crippen LogP contribution < -0.4 is 0 Å². The molecule has 0 saturated carbocycles. The third-order valence-corrected chi connectivity index (χ3v) is 1.57. The molecule has 0 spiro atoms. The Balaban J connectivity index is 2.42. The Morgan fingerprint density at radius 2 is 2.07 bits per heavy atom. The van der Waals surface area contributed by atoms with Gasteiger partial charge in [-0.25, -0.2) is 9.18 Å². The highest BCUT2D eigenvalue weighted by molar-refractivity contribution is 5.90. The number of aldehydes is 1. The molecule has 1 unspecified atom stereocenters. The third kappa shape index (κ3) is 2.97. The molecule has 0 aromatic heterocycles. The number of rotatable bonds is 4. The van der Waals surface area contributed by atoms with Crippen molar-refractivity contribution < 1.29 is 18.7 Å². The molecule has 0 N–H and O–H groups in total. The summed E-state index contributed by atoms with van der Waals surface area (Å²) < 4.78 is 16.9. The molecule has 0 saturated heterocycles. The van der Waals surface area contributed by atoms with Crippen molar-refractivity contribution in [1.82, 2.24) is 0 Å². The Kier molecular flexibility index (Phi) is 3.79. The van der Waals surface area contributed by atoms with E-state index in [0.29, 0.717) is 0 Å². The minimum atomic E-state index is -2.18. The molecular formula is C10H9FO3. The molecule has 1 aromatic rings. The van der Waals surface area contributed by atoms with Gasteiger partial charge >= 0.3 is 5.97 Å². The van der Waals surface area contributed by atoms with Crippen LogP contribution in [0, 0.1) is 0 Å². The zero-order valence-corrected chi connectivity index (χ0v) is 7.35. The van der Waals surface area contributed by atoms with Crippen molar-refractivity contribution in [2.24, 2.45) is 0 Å². The Morgan fingerprint density at radius 3 is 2.64 bits per heavy atom. The number of esters is 1. The lowest BCUT2D eigenvalue weighted by Crippen LogP contribution is -2.19. The molecule has 1 rings (SSSR count). The Bertz CT molecular complexity index is 310. The van der Waals surface area contributed by atoms with Gasteiger partial charge in [0.05, 0.1) is 0 Å². The van der Waals surface area contributed by atoms with E-state index in [0.717, 1.165) is 5.56 Å². The lowest BCUT2D eigenvalue weighted by Gasteiger charge is -2.03. The summed E-state index contributed by atoms with van der Waals surface area (Å²) in [5.74, 6) is -1.15. The van der Waals surface area contributed by atoms with E-state index in [-0.39, 0.29) is 12.9 Å². The molecule has 14 heavy (non-hydrogen) atoms. The second-order valence-electron chi connectivity index (χ2n) is 2.63. The summed E-state index contributed by atoms with van der Waals surface area (Å²) in [5.41, 5.74) is 0.749. The first-order valence-electron chi connectivity index (χ1n) is 4.04. The molecule has 74 valence electrons. The van der Waals surface area contributed by atoms with Crippen molar-refractivity contribution in [3.63, 3.8) is 0 Å². The second-order valence-corrected chi connectivity index (χ2v) is 2.63. The number of hydrogen-bond acceptors (Lipinski definition) is 3. The summed E-state index contributed by atoms with van der Waals surface area (Å²) in [6, 6.07) is 8.84. The van der Waals surface area contributed by atoms with E-state index in [2.05, 4.69) is 4.74 Å². The van der Waals surface area contributed by atoms with Crippen molar-refractivity contribution in [3.05, 3.63) is 35.9 Å². The number of carbonyl (C=O) groups excluding carboxylic acids is 2. The molecule has 1 atom stereocenters. The summed E-state index contributed by atoms with van der Waals surface area (Å²) in [6.07, 6.45) is -2.27. The first kappa shape index (κ1) is 10.4. The zero-order valence-electron chi connectivity index (χ0n) is 7.35. The van der Waals surface area contributed by atoms with E-state index in [1.165, 1.54) is 0 Å². The number of carbonyl (C=O) groups is 2. The first-order chi connectivity index (χ1) is 6.74. The number of halogens is 1. The highest BCUT2D eigenvalue weighted by Crippen LogP contribution is 2.02. The molecule has 0 aliphatic carbocycles. The van der Waals surface area contributed by atoms with Crippen molar-refractivity contribution in [2.45, 2.75) is 12.8 Å². The number of alkyl halides is 1. The monoisotopic (exact) mass is 196 g/mol. The van der Waals surface area contributed by atoms with Crippen LogP contribution in [0.4, 0.5) is 4.39 Å². The quantitative estimate of drug-likeness (QED) is 0.413. The molecule has 0 heterocycles. The van der Waals surface area contributed by atoms with Crippen LogP contribution in [0.1, 0.15) is 5.56 Å². The molecule has 0 bridgehead atoms. The summed E-state index contributed by atoms with van der Waals surface area (Å²) in [4.78, 5) is 20.6. The molecule has 3 nitrogen and oxygen atoms in total. The van der Waals surface area contributed by atoms with Gasteiger partial charge in [0, 0.05) is 0 Å². The molecule has 1 aromatic carbocycles. The van der Waals surface area contributed by atoms with Gasteiger partial charge in [-0.1, -0.05) is 30.3 Å². The summed E-state index contributed by atoms with van der Waals surface area (Å²) in [5, 5.41) is 0. The highest BCUT2D eigenvalue weighted by Gasteiger charge is 2.17. The van der Waals surface area contributed by atoms with Crippen molar-refractivity contribution in [1.29, 1.82) is 0 Å². The van der Waals surface area contributed by atoms with E-state index >= 15 is 0 Å². The first-order valence-corrected chi connectivity index (χ1v) is 4.04. The largest absolute Gasteiger partial charge is 0.458 e. The van der Waals surface area contributed by atoms with Crippen molar-refractivity contribution in [2.75, 3.05) is 0 Å². The fraction of sp³-hybridized carbons (Fsp3) is 0.200. The SMILES string of the molecule is O=CC(F)C(=O)OCc1ccccc1. The van der Waals surface area contributed by atoms with E-state index in [4.69, 9.17) is 0 Å². The van der Waals surface area contributed by atoms with Gasteiger partial charge in [-0.15, -0.1) is 0 Å². The molecule has 0 aliphatic rings. The zero-order chi connectivity index (χ0) is 10.4. The molecule has 0 fully saturated rings. The van der Waals surface area contributed by atoms with Crippen molar-refractivity contribution in [3.8, 4) is 0 Å². The minimum absolute atomic E-state index is 0.0199. The third-order valence-electron chi connectivity index (χ3n) is 1.57. The highest BCUT2D eigenvalue weighted by atomic mass is 19.1. The smallest absolute Gasteiger partial charge is 0.348 e. The number of hydrogen-bond donors (Lipinski definition) is 0. The minimum Gasteiger partial charge on any atom is -0.458 e. The molecule has 0 radical (unpaired) electrons.